The average Bonchev–Trinajstić information content (AvgIpc) is 2.14. The maximum Gasteiger partial charge on any atom is 0.0657 e. The van der Waals surface area contributed by atoms with Crippen LogP contribution in [0.5, 0.6) is 0 Å². The molecule has 0 bridgehead atoms. The van der Waals surface area contributed by atoms with Gasteiger partial charge in [0.1, 0.15) is 0 Å². The van der Waals surface area contributed by atoms with Crippen molar-refractivity contribution >= 4 is 0 Å². The van der Waals surface area contributed by atoms with Gasteiger partial charge < -0.3 is 5.11 Å². The summed E-state index contributed by atoms with van der Waals surface area (Å²) in [5, 5.41) is 10.3. The van der Waals surface area contributed by atoms with Gasteiger partial charge in [-0.15, -0.1) is 12.3 Å². The molecule has 0 heterocycles. The molecule has 0 spiro atoms. The fourth-order valence-corrected chi connectivity index (χ4v) is 2.58. The van der Waals surface area contributed by atoms with Gasteiger partial charge in [0, 0.05) is 6.42 Å². The van der Waals surface area contributed by atoms with E-state index in [-0.39, 0.29) is 0 Å². The molecule has 0 aromatic carbocycles. The van der Waals surface area contributed by atoms with Crippen LogP contribution in [0.15, 0.2) is 0 Å². The minimum absolute atomic E-state index is 0.382. The molecule has 86 valence electrons. The highest BCUT2D eigenvalue weighted by atomic mass is 16.3. The van der Waals surface area contributed by atoms with Gasteiger partial charge in [0.15, 0.2) is 0 Å². The highest BCUT2D eigenvalue weighted by Gasteiger charge is 2.36. The van der Waals surface area contributed by atoms with Gasteiger partial charge in [-0.1, -0.05) is 20.8 Å². The van der Waals surface area contributed by atoms with Gasteiger partial charge in [-0.25, -0.2) is 0 Å². The first-order valence-electron chi connectivity index (χ1n) is 6.03. The number of terminal acetylenes is 1. The van der Waals surface area contributed by atoms with E-state index < -0.39 is 5.60 Å². The molecule has 1 rings (SSSR count). The molecule has 15 heavy (non-hydrogen) atoms. The van der Waals surface area contributed by atoms with Crippen molar-refractivity contribution in [1.82, 2.24) is 0 Å². The van der Waals surface area contributed by atoms with Crippen molar-refractivity contribution in [3.63, 3.8) is 0 Å². The second-order valence-corrected chi connectivity index (χ2v) is 6.07. The average molecular weight is 208 g/mol. The number of rotatable bonds is 2. The van der Waals surface area contributed by atoms with E-state index in [0.717, 1.165) is 38.0 Å². The Bertz CT molecular complexity index is 233. The van der Waals surface area contributed by atoms with Gasteiger partial charge in [-0.3, -0.25) is 0 Å². The Morgan fingerprint density at radius 2 is 1.87 bits per heavy atom. The van der Waals surface area contributed by atoms with Crippen molar-refractivity contribution in [2.45, 2.75) is 64.9 Å². The summed E-state index contributed by atoms with van der Waals surface area (Å²) < 4.78 is 0. The van der Waals surface area contributed by atoms with Crippen LogP contribution in [0, 0.1) is 23.7 Å². The molecule has 1 saturated carbocycles. The van der Waals surface area contributed by atoms with Crippen LogP contribution < -0.4 is 0 Å². The highest BCUT2D eigenvalue weighted by Crippen LogP contribution is 2.42. The van der Waals surface area contributed by atoms with E-state index in [1.165, 1.54) is 0 Å². The number of aliphatic hydroxyl groups is 1. The molecule has 0 saturated heterocycles. The molecule has 1 aliphatic rings. The molecule has 0 aromatic rings. The molecule has 0 atom stereocenters. The summed E-state index contributed by atoms with van der Waals surface area (Å²) in [5.74, 6) is 3.37. The summed E-state index contributed by atoms with van der Waals surface area (Å²) in [6.07, 6.45) is 10.9. The third-order valence-electron chi connectivity index (χ3n) is 3.88. The quantitative estimate of drug-likeness (QED) is 0.690. The maximum absolute atomic E-state index is 10.3. The molecular weight excluding hydrogens is 184 g/mol. The van der Waals surface area contributed by atoms with Gasteiger partial charge >= 0.3 is 0 Å². The molecule has 0 radical (unpaired) electrons. The van der Waals surface area contributed by atoms with Crippen molar-refractivity contribution in [2.24, 2.45) is 11.3 Å². The second kappa shape index (κ2) is 4.58. The smallest absolute Gasteiger partial charge is 0.0657 e. The van der Waals surface area contributed by atoms with Gasteiger partial charge in [-0.05, 0) is 43.4 Å². The third kappa shape index (κ3) is 3.54. The van der Waals surface area contributed by atoms with Crippen LogP contribution in [-0.2, 0) is 0 Å². The first-order valence-corrected chi connectivity index (χ1v) is 6.03. The molecular formula is C14H24O. The minimum atomic E-state index is -0.464. The van der Waals surface area contributed by atoms with Gasteiger partial charge in [0.2, 0.25) is 0 Å². The normalized spacial score (nSPS) is 32.3. The maximum atomic E-state index is 10.3. The van der Waals surface area contributed by atoms with Crippen molar-refractivity contribution < 1.29 is 5.11 Å². The summed E-state index contributed by atoms with van der Waals surface area (Å²) >= 11 is 0. The van der Waals surface area contributed by atoms with E-state index in [1.54, 1.807) is 0 Å². The van der Waals surface area contributed by atoms with Crippen LogP contribution in [-0.4, -0.2) is 10.7 Å². The Morgan fingerprint density at radius 3 is 2.27 bits per heavy atom. The summed E-state index contributed by atoms with van der Waals surface area (Å²) in [5.41, 5.74) is -0.0818. The number of hydrogen-bond acceptors (Lipinski definition) is 1. The summed E-state index contributed by atoms with van der Waals surface area (Å²) in [6.45, 7) is 6.89. The van der Waals surface area contributed by atoms with E-state index in [1.807, 2.05) is 0 Å². The monoisotopic (exact) mass is 208 g/mol. The molecule has 0 aliphatic heterocycles. The zero-order valence-corrected chi connectivity index (χ0v) is 10.3. The lowest BCUT2D eigenvalue weighted by atomic mass is 9.67. The zero-order chi connectivity index (χ0) is 11.5. The Morgan fingerprint density at radius 1 is 1.33 bits per heavy atom. The predicted octanol–water partition coefficient (Wildman–Crippen LogP) is 3.37. The summed E-state index contributed by atoms with van der Waals surface area (Å²) in [7, 11) is 0. The van der Waals surface area contributed by atoms with Crippen molar-refractivity contribution in [3.8, 4) is 12.3 Å². The zero-order valence-electron chi connectivity index (χ0n) is 10.3. The fraction of sp³-hybridized carbons (Fsp3) is 0.857. The van der Waals surface area contributed by atoms with Crippen LogP contribution in [0.2, 0.25) is 0 Å². The Kier molecular flexibility index (Phi) is 3.84. The lowest BCUT2D eigenvalue weighted by molar-refractivity contribution is -0.0301. The lowest BCUT2D eigenvalue weighted by Crippen LogP contribution is -2.37. The Hall–Kier alpha value is -0.480. The molecule has 1 N–H and O–H groups in total. The first-order chi connectivity index (χ1) is 6.87. The molecule has 1 nitrogen and oxygen atoms in total. The summed E-state index contributed by atoms with van der Waals surface area (Å²) in [6, 6.07) is 0. The number of hydrogen-bond donors (Lipinski definition) is 1. The first kappa shape index (κ1) is 12.6. The third-order valence-corrected chi connectivity index (χ3v) is 3.88. The molecule has 0 unspecified atom stereocenters. The lowest BCUT2D eigenvalue weighted by Gasteiger charge is -2.41. The fourth-order valence-electron chi connectivity index (χ4n) is 2.58. The highest BCUT2D eigenvalue weighted by molar-refractivity contribution is 4.93. The second-order valence-electron chi connectivity index (χ2n) is 6.07. The van der Waals surface area contributed by atoms with Crippen LogP contribution >= 0.6 is 0 Å². The van der Waals surface area contributed by atoms with Crippen LogP contribution in [0.3, 0.4) is 0 Å². The van der Waals surface area contributed by atoms with Crippen molar-refractivity contribution in [3.05, 3.63) is 0 Å². The Labute approximate surface area is 94.3 Å². The molecule has 0 aromatic heterocycles. The van der Waals surface area contributed by atoms with E-state index in [4.69, 9.17) is 6.42 Å². The standard InChI is InChI=1S/C14H24O/c1-5-6-9-14(15)10-7-12(8-11-14)13(2,3)4/h1,12,15H,6-11H2,2-4H3. The van der Waals surface area contributed by atoms with Crippen LogP contribution in [0.25, 0.3) is 0 Å². The SMILES string of the molecule is C#CCCC1(O)CCC(C(C)(C)C)CC1. The van der Waals surface area contributed by atoms with Gasteiger partial charge in [-0.2, -0.15) is 0 Å². The minimum Gasteiger partial charge on any atom is -0.390 e. The van der Waals surface area contributed by atoms with Gasteiger partial charge in [0.05, 0.1) is 5.60 Å². The van der Waals surface area contributed by atoms with E-state index in [0.29, 0.717) is 11.8 Å². The molecule has 0 amide bonds. The molecule has 1 heteroatoms. The molecule has 1 aliphatic carbocycles. The van der Waals surface area contributed by atoms with E-state index in [2.05, 4.69) is 26.7 Å². The van der Waals surface area contributed by atoms with Crippen molar-refractivity contribution in [2.75, 3.05) is 0 Å². The predicted molar refractivity (Wildman–Crippen MR) is 64.4 cm³/mol. The van der Waals surface area contributed by atoms with Crippen LogP contribution in [0.1, 0.15) is 59.3 Å². The van der Waals surface area contributed by atoms with Crippen molar-refractivity contribution in [1.29, 1.82) is 0 Å². The van der Waals surface area contributed by atoms with E-state index in [9.17, 15) is 5.11 Å². The van der Waals surface area contributed by atoms with Crippen LogP contribution in [0.4, 0.5) is 0 Å². The largest absolute Gasteiger partial charge is 0.390 e. The van der Waals surface area contributed by atoms with E-state index >= 15 is 0 Å². The molecule has 1 fully saturated rings. The topological polar surface area (TPSA) is 20.2 Å². The summed E-state index contributed by atoms with van der Waals surface area (Å²) in [4.78, 5) is 0. The Balaban J connectivity index is 2.45. The van der Waals surface area contributed by atoms with Gasteiger partial charge in [0.25, 0.3) is 0 Å².